The predicted octanol–water partition coefficient (Wildman–Crippen LogP) is 14.9. The van der Waals surface area contributed by atoms with E-state index in [4.69, 9.17) is 9.97 Å². The highest BCUT2D eigenvalue weighted by molar-refractivity contribution is 6.11. The Hall–Kier alpha value is -7.56. The largest absolute Gasteiger partial charge is 0.309 e. The number of fused-ring (bicyclic) bond motifs is 6. The fourth-order valence-electron chi connectivity index (χ4n) is 9.90. The molecule has 0 aliphatic rings. The summed E-state index contributed by atoms with van der Waals surface area (Å²) >= 11 is 0. The molecule has 0 saturated heterocycles. The second kappa shape index (κ2) is 14.3. The first-order valence-electron chi connectivity index (χ1n) is 21.1. The molecule has 0 atom stereocenters. The summed E-state index contributed by atoms with van der Waals surface area (Å²) in [6.45, 7) is 10.9. The Morgan fingerprint density at radius 3 is 1.61 bits per heavy atom. The molecule has 11 aromatic rings. The molecule has 0 radical (unpaired) electrons. The zero-order valence-electron chi connectivity index (χ0n) is 35.0. The lowest BCUT2D eigenvalue weighted by Crippen LogP contribution is -2.02. The molecule has 0 aliphatic heterocycles. The Morgan fingerprint density at radius 1 is 0.393 bits per heavy atom. The molecule has 4 heteroatoms. The molecule has 292 valence electrons. The molecule has 0 spiro atoms. The first-order valence-corrected chi connectivity index (χ1v) is 21.1. The molecule has 0 fully saturated rings. The third kappa shape index (κ3) is 5.90. The fourth-order valence-corrected chi connectivity index (χ4v) is 9.90. The lowest BCUT2D eigenvalue weighted by molar-refractivity contribution is 1.13. The van der Waals surface area contributed by atoms with Gasteiger partial charge in [0, 0.05) is 67.1 Å². The average molecular weight is 785 g/mol. The van der Waals surface area contributed by atoms with Crippen LogP contribution >= 0.6 is 0 Å². The third-order valence-electron chi connectivity index (χ3n) is 12.7. The van der Waals surface area contributed by atoms with Gasteiger partial charge in [-0.2, -0.15) is 0 Å². The summed E-state index contributed by atoms with van der Waals surface area (Å²) in [6.07, 6.45) is 2.00. The lowest BCUT2D eigenvalue weighted by Gasteiger charge is -2.18. The minimum Gasteiger partial charge on any atom is -0.309 e. The second-order valence-corrected chi connectivity index (χ2v) is 16.4. The SMILES string of the molecule is Cc1cc(-n2c3ccccc3c3ccccc32)cc(C)c1-c1ccc(-c2ccc(-c3c(C)ccc(-n4c5ccccc5c5cc(-c6ccccc6)ccc54)c3C)nc2C)cn1. The minimum atomic E-state index is 0.971. The van der Waals surface area contributed by atoms with Gasteiger partial charge in [-0.15, -0.1) is 0 Å². The van der Waals surface area contributed by atoms with Crippen molar-refractivity contribution in [2.75, 3.05) is 0 Å². The summed E-state index contributed by atoms with van der Waals surface area (Å²) in [5.74, 6) is 0. The van der Waals surface area contributed by atoms with Crippen LogP contribution in [0.15, 0.2) is 176 Å². The van der Waals surface area contributed by atoms with Crippen molar-refractivity contribution in [3.63, 3.8) is 0 Å². The smallest absolute Gasteiger partial charge is 0.0711 e. The molecule has 61 heavy (non-hydrogen) atoms. The number of aromatic nitrogens is 4. The van der Waals surface area contributed by atoms with Crippen LogP contribution in [0.5, 0.6) is 0 Å². The third-order valence-corrected chi connectivity index (χ3v) is 12.7. The van der Waals surface area contributed by atoms with Crippen molar-refractivity contribution in [2.45, 2.75) is 34.6 Å². The summed E-state index contributed by atoms with van der Waals surface area (Å²) in [6, 6.07) is 61.4. The van der Waals surface area contributed by atoms with Crippen LogP contribution < -0.4 is 0 Å². The van der Waals surface area contributed by atoms with E-state index in [1.54, 1.807) is 0 Å². The van der Waals surface area contributed by atoms with E-state index in [1.807, 2.05) is 6.20 Å². The number of aryl methyl sites for hydroxylation is 4. The Kier molecular flexibility index (Phi) is 8.57. The molecule has 7 aromatic carbocycles. The average Bonchev–Trinajstić information content (AvgIpc) is 3.80. The summed E-state index contributed by atoms with van der Waals surface area (Å²) < 4.78 is 4.81. The molecule has 0 aliphatic carbocycles. The topological polar surface area (TPSA) is 35.6 Å². The molecule has 0 N–H and O–H groups in total. The maximum absolute atomic E-state index is 5.28. The minimum absolute atomic E-state index is 0.971. The van der Waals surface area contributed by atoms with Gasteiger partial charge in [0.2, 0.25) is 0 Å². The Balaban J connectivity index is 0.930. The van der Waals surface area contributed by atoms with Gasteiger partial charge in [0.25, 0.3) is 0 Å². The Bertz CT molecular complexity index is 3440. The van der Waals surface area contributed by atoms with Crippen molar-refractivity contribution in [2.24, 2.45) is 0 Å². The van der Waals surface area contributed by atoms with Crippen molar-refractivity contribution in [1.29, 1.82) is 0 Å². The summed E-state index contributed by atoms with van der Waals surface area (Å²) in [4.78, 5) is 10.3. The molecule has 0 saturated carbocycles. The Labute approximate surface area is 356 Å². The first-order chi connectivity index (χ1) is 29.8. The molecule has 4 heterocycles. The molecule has 11 rings (SSSR count). The van der Waals surface area contributed by atoms with Crippen LogP contribution in [0.3, 0.4) is 0 Å². The van der Waals surface area contributed by atoms with Gasteiger partial charge in [0.1, 0.15) is 0 Å². The van der Waals surface area contributed by atoms with Crippen molar-refractivity contribution in [3.8, 4) is 56.1 Å². The number of pyridine rings is 2. The van der Waals surface area contributed by atoms with Gasteiger partial charge in [-0.25, -0.2) is 0 Å². The van der Waals surface area contributed by atoms with Crippen LogP contribution in [0.1, 0.15) is 27.9 Å². The highest BCUT2D eigenvalue weighted by Crippen LogP contribution is 2.40. The van der Waals surface area contributed by atoms with Gasteiger partial charge >= 0.3 is 0 Å². The van der Waals surface area contributed by atoms with Crippen LogP contribution in [0.25, 0.3) is 99.8 Å². The van der Waals surface area contributed by atoms with E-state index >= 15 is 0 Å². The van der Waals surface area contributed by atoms with E-state index in [1.165, 1.54) is 88.1 Å². The lowest BCUT2D eigenvalue weighted by atomic mass is 9.95. The second-order valence-electron chi connectivity index (χ2n) is 16.4. The first kappa shape index (κ1) is 36.5. The molecular weight excluding hydrogens is 741 g/mol. The van der Waals surface area contributed by atoms with Gasteiger partial charge in [0.05, 0.1) is 33.5 Å². The van der Waals surface area contributed by atoms with Gasteiger partial charge in [-0.05, 0) is 129 Å². The molecule has 0 unspecified atom stereocenters. The normalized spacial score (nSPS) is 11.7. The van der Waals surface area contributed by atoms with E-state index in [2.05, 4.69) is 214 Å². The molecule has 0 amide bonds. The van der Waals surface area contributed by atoms with E-state index in [-0.39, 0.29) is 0 Å². The molecular formula is C57H44N4. The predicted molar refractivity (Wildman–Crippen MR) is 256 cm³/mol. The van der Waals surface area contributed by atoms with Crippen molar-refractivity contribution >= 4 is 43.6 Å². The number of rotatable bonds is 6. The van der Waals surface area contributed by atoms with Gasteiger partial charge in [0.15, 0.2) is 0 Å². The van der Waals surface area contributed by atoms with E-state index in [0.29, 0.717) is 0 Å². The maximum Gasteiger partial charge on any atom is 0.0711 e. The number of benzene rings is 7. The van der Waals surface area contributed by atoms with Gasteiger partial charge in [-0.3, -0.25) is 9.97 Å². The summed E-state index contributed by atoms with van der Waals surface area (Å²) in [5, 5.41) is 5.03. The molecule has 0 bridgehead atoms. The van der Waals surface area contributed by atoms with Crippen molar-refractivity contribution in [1.82, 2.24) is 19.1 Å². The summed E-state index contributed by atoms with van der Waals surface area (Å²) in [7, 11) is 0. The highest BCUT2D eigenvalue weighted by Gasteiger charge is 2.20. The van der Waals surface area contributed by atoms with Crippen LogP contribution in [-0.4, -0.2) is 19.1 Å². The van der Waals surface area contributed by atoms with E-state index in [9.17, 15) is 0 Å². The molecule has 4 aromatic heterocycles. The quantitative estimate of drug-likeness (QED) is 0.168. The van der Waals surface area contributed by atoms with Crippen LogP contribution in [-0.2, 0) is 0 Å². The zero-order chi connectivity index (χ0) is 41.4. The van der Waals surface area contributed by atoms with Crippen molar-refractivity contribution < 1.29 is 0 Å². The van der Waals surface area contributed by atoms with Crippen LogP contribution in [0, 0.1) is 34.6 Å². The highest BCUT2D eigenvalue weighted by atomic mass is 15.0. The number of para-hydroxylation sites is 3. The number of hydrogen-bond donors (Lipinski definition) is 0. The van der Waals surface area contributed by atoms with Crippen LogP contribution in [0.2, 0.25) is 0 Å². The van der Waals surface area contributed by atoms with Gasteiger partial charge < -0.3 is 9.13 Å². The van der Waals surface area contributed by atoms with E-state index < -0.39 is 0 Å². The summed E-state index contributed by atoms with van der Waals surface area (Å²) in [5.41, 5.74) is 21.8. The van der Waals surface area contributed by atoms with E-state index in [0.717, 1.165) is 39.6 Å². The number of hydrogen-bond acceptors (Lipinski definition) is 2. The number of nitrogens with zero attached hydrogens (tertiary/aromatic N) is 4. The van der Waals surface area contributed by atoms with Gasteiger partial charge in [-0.1, -0.05) is 109 Å². The van der Waals surface area contributed by atoms with Crippen molar-refractivity contribution in [3.05, 3.63) is 204 Å². The molecule has 4 nitrogen and oxygen atoms in total. The maximum atomic E-state index is 5.28. The monoisotopic (exact) mass is 784 g/mol. The van der Waals surface area contributed by atoms with Crippen LogP contribution in [0.4, 0.5) is 0 Å². The zero-order valence-corrected chi connectivity index (χ0v) is 35.0. The standard InChI is InChI=1S/C57H44N4/c1-35-23-29-51(61-54-22-14-11-19-47(54)48-33-41(25-30-55(48)61)40-15-7-6-8-16-40)38(4)57(35)50-28-26-44(39(5)59-50)42-24-27-49(58-34-42)56-36(2)31-43(32-37(56)3)60-52-20-12-9-17-45(52)46-18-10-13-21-53(46)60/h6-34H,1-5H3. The fraction of sp³-hybridized carbons (Fsp3) is 0.0877. The Morgan fingerprint density at radius 2 is 0.967 bits per heavy atom.